The molecule has 0 saturated carbocycles. The first kappa shape index (κ1) is 21.1. The molecule has 27 heavy (non-hydrogen) atoms. The highest BCUT2D eigenvalue weighted by Gasteiger charge is 2.67. The monoisotopic (exact) mass is 388 g/mol. The van der Waals surface area contributed by atoms with Gasteiger partial charge in [0, 0.05) is 11.8 Å². The molecule has 2 bridgehead atoms. The van der Waals surface area contributed by atoms with Crippen LogP contribution in [0.25, 0.3) is 0 Å². The van der Waals surface area contributed by atoms with E-state index >= 15 is 0 Å². The number of ether oxygens (including phenoxy) is 3. The largest absolute Gasteiger partial charge is 0.394 e. The lowest BCUT2D eigenvalue weighted by atomic mass is 9.61. The van der Waals surface area contributed by atoms with Gasteiger partial charge in [-0.15, -0.1) is 0 Å². The van der Waals surface area contributed by atoms with E-state index in [9.17, 15) is 25.5 Å². The van der Waals surface area contributed by atoms with E-state index in [0.29, 0.717) is 6.42 Å². The van der Waals surface area contributed by atoms with Crippen molar-refractivity contribution in [2.75, 3.05) is 6.61 Å². The molecular formula is C19H32O8. The van der Waals surface area contributed by atoms with E-state index in [1.54, 1.807) is 19.9 Å². The summed E-state index contributed by atoms with van der Waals surface area (Å²) in [6, 6.07) is 0. The molecule has 8 nitrogen and oxygen atoms in total. The Bertz CT molecular complexity index is 554. The molecule has 0 aromatic carbocycles. The summed E-state index contributed by atoms with van der Waals surface area (Å²) in [6.07, 6.45) is -2.09. The summed E-state index contributed by atoms with van der Waals surface area (Å²) in [5.74, 6) is 0. The van der Waals surface area contributed by atoms with Crippen LogP contribution in [0, 0.1) is 5.41 Å². The Morgan fingerprint density at radius 2 is 1.78 bits per heavy atom. The molecule has 3 saturated heterocycles. The second-order valence-corrected chi connectivity index (χ2v) is 8.94. The van der Waals surface area contributed by atoms with Gasteiger partial charge in [0.2, 0.25) is 0 Å². The molecule has 0 spiro atoms. The average Bonchev–Trinajstić information content (AvgIpc) is 2.98. The summed E-state index contributed by atoms with van der Waals surface area (Å²) in [4.78, 5) is 0. The van der Waals surface area contributed by atoms with Gasteiger partial charge in [-0.25, -0.2) is 0 Å². The summed E-state index contributed by atoms with van der Waals surface area (Å²) in [5, 5.41) is 50.0. The van der Waals surface area contributed by atoms with Crippen molar-refractivity contribution in [3.05, 3.63) is 12.2 Å². The van der Waals surface area contributed by atoms with Gasteiger partial charge in [-0.3, -0.25) is 0 Å². The number of aliphatic hydroxyl groups excluding tert-OH is 4. The van der Waals surface area contributed by atoms with Gasteiger partial charge in [-0.05, 0) is 20.3 Å². The van der Waals surface area contributed by atoms with Crippen LogP contribution in [0.2, 0.25) is 0 Å². The van der Waals surface area contributed by atoms with E-state index < -0.39 is 54.6 Å². The molecular weight excluding hydrogens is 356 g/mol. The van der Waals surface area contributed by atoms with Crippen molar-refractivity contribution in [3.63, 3.8) is 0 Å². The predicted molar refractivity (Wildman–Crippen MR) is 94.7 cm³/mol. The van der Waals surface area contributed by atoms with E-state index in [-0.39, 0.29) is 11.5 Å². The molecule has 9 atom stereocenters. The Hall–Kier alpha value is -0.580. The van der Waals surface area contributed by atoms with E-state index in [4.69, 9.17) is 14.2 Å². The van der Waals surface area contributed by atoms with Gasteiger partial charge in [-0.1, -0.05) is 26.0 Å². The minimum absolute atomic E-state index is 0.0151. The standard InChI is InChI=1S/C19H32O8/c1-10(25-16-15(23)14(22)13(21)12(9-20)26-16)5-6-19-17(2,3)7-11(27-19)8-18(19,4)24/h5-6,10-16,20-24H,7-9H2,1-4H3/t10-,11+,12-,13-,14+,15-,16-,18-,19-/m1/s1. The maximum atomic E-state index is 10.9. The van der Waals surface area contributed by atoms with E-state index in [0.717, 1.165) is 6.42 Å². The van der Waals surface area contributed by atoms with Gasteiger partial charge < -0.3 is 39.7 Å². The molecule has 3 fully saturated rings. The normalized spacial score (nSPS) is 50.4. The minimum atomic E-state index is -1.48. The van der Waals surface area contributed by atoms with Crippen molar-refractivity contribution in [3.8, 4) is 0 Å². The third-order valence-corrected chi connectivity index (χ3v) is 6.32. The lowest BCUT2D eigenvalue weighted by Crippen LogP contribution is -2.59. The highest BCUT2D eigenvalue weighted by molar-refractivity contribution is 5.27. The molecule has 3 rings (SSSR count). The van der Waals surface area contributed by atoms with Crippen molar-refractivity contribution in [1.29, 1.82) is 0 Å². The van der Waals surface area contributed by atoms with Crippen LogP contribution in [0.4, 0.5) is 0 Å². The van der Waals surface area contributed by atoms with Crippen molar-refractivity contribution >= 4 is 0 Å². The molecule has 156 valence electrons. The molecule has 3 aliphatic rings. The molecule has 0 aliphatic carbocycles. The Balaban J connectivity index is 1.71. The molecule has 8 heteroatoms. The first-order chi connectivity index (χ1) is 12.4. The zero-order chi connectivity index (χ0) is 20.2. The molecule has 3 aliphatic heterocycles. The first-order valence-electron chi connectivity index (χ1n) is 9.49. The highest BCUT2D eigenvalue weighted by Crippen LogP contribution is 2.60. The van der Waals surface area contributed by atoms with Gasteiger partial charge in [-0.2, -0.15) is 0 Å². The molecule has 0 radical (unpaired) electrons. The lowest BCUT2D eigenvalue weighted by Gasteiger charge is -2.46. The second kappa shape index (κ2) is 7.03. The van der Waals surface area contributed by atoms with Crippen LogP contribution < -0.4 is 0 Å². The Morgan fingerprint density at radius 1 is 1.11 bits per heavy atom. The average molecular weight is 388 g/mol. The number of fused-ring (bicyclic) bond motifs is 2. The van der Waals surface area contributed by atoms with Crippen LogP contribution in [0.1, 0.15) is 40.5 Å². The molecule has 3 heterocycles. The van der Waals surface area contributed by atoms with Crippen LogP contribution >= 0.6 is 0 Å². The number of rotatable bonds is 5. The number of hydrogen-bond acceptors (Lipinski definition) is 8. The van der Waals surface area contributed by atoms with Gasteiger partial charge in [0.1, 0.15) is 30.0 Å². The van der Waals surface area contributed by atoms with E-state index in [2.05, 4.69) is 13.8 Å². The zero-order valence-corrected chi connectivity index (χ0v) is 16.3. The molecule has 0 amide bonds. The van der Waals surface area contributed by atoms with Gasteiger partial charge in [0.25, 0.3) is 0 Å². The maximum absolute atomic E-state index is 10.9. The van der Waals surface area contributed by atoms with Crippen molar-refractivity contribution in [2.24, 2.45) is 5.41 Å². The zero-order valence-electron chi connectivity index (χ0n) is 16.3. The van der Waals surface area contributed by atoms with E-state index in [1.165, 1.54) is 0 Å². The predicted octanol–water partition coefficient (Wildman–Crippen LogP) is -0.544. The summed E-state index contributed by atoms with van der Waals surface area (Å²) >= 11 is 0. The fourth-order valence-electron chi connectivity index (χ4n) is 4.90. The van der Waals surface area contributed by atoms with Crippen molar-refractivity contribution in [2.45, 2.75) is 94.7 Å². The van der Waals surface area contributed by atoms with Crippen molar-refractivity contribution in [1.82, 2.24) is 0 Å². The lowest BCUT2D eigenvalue weighted by molar-refractivity contribution is -0.306. The third kappa shape index (κ3) is 3.36. The van der Waals surface area contributed by atoms with Gasteiger partial charge >= 0.3 is 0 Å². The Morgan fingerprint density at radius 3 is 2.33 bits per heavy atom. The molecule has 0 aromatic heterocycles. The quantitative estimate of drug-likeness (QED) is 0.397. The fourth-order valence-corrected chi connectivity index (χ4v) is 4.90. The summed E-state index contributed by atoms with van der Waals surface area (Å²) in [7, 11) is 0. The fraction of sp³-hybridized carbons (Fsp3) is 0.895. The van der Waals surface area contributed by atoms with Crippen LogP contribution in [0.3, 0.4) is 0 Å². The molecule has 5 N–H and O–H groups in total. The maximum Gasteiger partial charge on any atom is 0.187 e. The van der Waals surface area contributed by atoms with Gasteiger partial charge in [0.15, 0.2) is 6.29 Å². The Labute approximate surface area is 159 Å². The van der Waals surface area contributed by atoms with Crippen molar-refractivity contribution < 1.29 is 39.7 Å². The van der Waals surface area contributed by atoms with Crippen LogP contribution in [-0.4, -0.2) is 86.3 Å². The highest BCUT2D eigenvalue weighted by atomic mass is 16.7. The SMILES string of the molecule is C[C@H](C=C[C@@]12O[C@@H](CC1(C)C)C[C@@]2(C)O)O[C@@H]1O[C@H](CO)[C@@H](O)[C@H](O)[C@H]1O. The van der Waals surface area contributed by atoms with Crippen LogP contribution in [-0.2, 0) is 14.2 Å². The number of hydrogen-bond donors (Lipinski definition) is 5. The third-order valence-electron chi connectivity index (χ3n) is 6.32. The summed E-state index contributed by atoms with van der Waals surface area (Å²) in [6.45, 7) is 7.13. The van der Waals surface area contributed by atoms with Crippen LogP contribution in [0.5, 0.6) is 0 Å². The molecule has 0 unspecified atom stereocenters. The summed E-state index contributed by atoms with van der Waals surface area (Å²) in [5.41, 5.74) is -2.09. The van der Waals surface area contributed by atoms with Gasteiger partial charge in [0.05, 0.1) is 24.4 Å². The minimum Gasteiger partial charge on any atom is -0.394 e. The van der Waals surface area contributed by atoms with Crippen LogP contribution in [0.15, 0.2) is 12.2 Å². The van der Waals surface area contributed by atoms with E-state index in [1.807, 2.05) is 6.08 Å². The topological polar surface area (TPSA) is 129 Å². The number of aliphatic hydroxyl groups is 5. The first-order valence-corrected chi connectivity index (χ1v) is 9.49. The smallest absolute Gasteiger partial charge is 0.187 e. The summed E-state index contributed by atoms with van der Waals surface area (Å²) < 4.78 is 17.2. The Kier molecular flexibility index (Phi) is 5.51. The molecule has 0 aromatic rings. The second-order valence-electron chi connectivity index (χ2n) is 8.94.